The maximum absolute atomic E-state index is 10.6. The minimum atomic E-state index is -0.0284. The van der Waals surface area contributed by atoms with Gasteiger partial charge in [0.1, 0.15) is 0 Å². The van der Waals surface area contributed by atoms with Crippen LogP contribution in [0.15, 0.2) is 0 Å². The van der Waals surface area contributed by atoms with Crippen molar-refractivity contribution in [3.05, 3.63) is 0 Å². The van der Waals surface area contributed by atoms with E-state index >= 15 is 0 Å². The second-order valence-electron chi connectivity index (χ2n) is 2.65. The van der Waals surface area contributed by atoms with Gasteiger partial charge >= 0.3 is 5.97 Å². The minimum absolute atomic E-state index is 0.0284. The summed E-state index contributed by atoms with van der Waals surface area (Å²) in [6.07, 6.45) is 2.64. The van der Waals surface area contributed by atoms with Gasteiger partial charge in [-0.3, -0.25) is 4.79 Å². The highest BCUT2D eigenvalue weighted by atomic mass is 16.5. The molecule has 9 heavy (non-hydrogen) atoms. The number of carbonyl (C=O) groups excluding carboxylic acids is 1. The monoisotopic (exact) mass is 128 g/mol. The van der Waals surface area contributed by atoms with Crippen molar-refractivity contribution in [3.63, 3.8) is 0 Å². The molecule has 0 spiro atoms. The van der Waals surface area contributed by atoms with Gasteiger partial charge in [-0.05, 0) is 18.8 Å². The average molecular weight is 128 g/mol. The third kappa shape index (κ3) is 2.04. The quantitative estimate of drug-likeness (QED) is 0.460. The van der Waals surface area contributed by atoms with Crippen LogP contribution in [-0.2, 0) is 9.53 Å². The first kappa shape index (κ1) is 6.59. The first-order valence-corrected chi connectivity index (χ1v) is 3.44. The summed E-state index contributed by atoms with van der Waals surface area (Å²) in [5, 5.41) is 0. The van der Waals surface area contributed by atoms with E-state index in [0.717, 1.165) is 12.8 Å². The molecule has 1 aliphatic heterocycles. The first-order chi connectivity index (χ1) is 4.29. The Kier molecular flexibility index (Phi) is 2.09. The van der Waals surface area contributed by atoms with Gasteiger partial charge in [-0.15, -0.1) is 0 Å². The van der Waals surface area contributed by atoms with Crippen LogP contribution in [0.25, 0.3) is 0 Å². The fraction of sp³-hybridized carbons (Fsp3) is 0.857. The number of cyclic esters (lactones) is 1. The lowest BCUT2D eigenvalue weighted by atomic mass is 10.0. The summed E-state index contributed by atoms with van der Waals surface area (Å²) < 4.78 is 4.83. The third-order valence-corrected chi connectivity index (χ3v) is 1.71. The lowest BCUT2D eigenvalue weighted by Gasteiger charge is -2.00. The second kappa shape index (κ2) is 2.85. The highest BCUT2D eigenvalue weighted by Gasteiger charge is 2.12. The Hall–Kier alpha value is -0.530. The maximum Gasteiger partial charge on any atom is 0.305 e. The molecule has 52 valence electrons. The predicted octanol–water partition coefficient (Wildman–Crippen LogP) is 1.35. The fourth-order valence-electron chi connectivity index (χ4n) is 0.955. The summed E-state index contributed by atoms with van der Waals surface area (Å²) in [7, 11) is 0. The summed E-state index contributed by atoms with van der Waals surface area (Å²) in [5.41, 5.74) is 0. The van der Waals surface area contributed by atoms with Gasteiger partial charge < -0.3 is 4.74 Å². The molecule has 1 heterocycles. The highest BCUT2D eigenvalue weighted by Crippen LogP contribution is 2.14. The molecule has 0 radical (unpaired) electrons. The predicted molar refractivity (Wildman–Crippen MR) is 34.0 cm³/mol. The number of rotatable bonds is 0. The summed E-state index contributed by atoms with van der Waals surface area (Å²) in [4.78, 5) is 10.6. The molecule has 1 aliphatic rings. The van der Waals surface area contributed by atoms with Crippen LogP contribution >= 0.6 is 0 Å². The van der Waals surface area contributed by atoms with Crippen molar-refractivity contribution >= 4 is 5.97 Å². The molecule has 1 rings (SSSR count). The molecule has 0 aromatic carbocycles. The zero-order chi connectivity index (χ0) is 6.69. The largest absolute Gasteiger partial charge is 0.466 e. The van der Waals surface area contributed by atoms with E-state index in [-0.39, 0.29) is 5.97 Å². The zero-order valence-electron chi connectivity index (χ0n) is 5.72. The van der Waals surface area contributed by atoms with Crippen molar-refractivity contribution in [2.45, 2.75) is 26.2 Å². The van der Waals surface area contributed by atoms with Crippen LogP contribution in [0.1, 0.15) is 26.2 Å². The Morgan fingerprint density at radius 1 is 1.56 bits per heavy atom. The molecule has 0 amide bonds. The normalized spacial score (nSPS) is 29.0. The van der Waals surface area contributed by atoms with E-state index in [0.29, 0.717) is 18.9 Å². The highest BCUT2D eigenvalue weighted by molar-refractivity contribution is 5.69. The number of esters is 1. The van der Waals surface area contributed by atoms with Gasteiger partial charge in [0.05, 0.1) is 6.61 Å². The van der Waals surface area contributed by atoms with Crippen LogP contribution < -0.4 is 0 Å². The van der Waals surface area contributed by atoms with Crippen molar-refractivity contribution in [1.82, 2.24) is 0 Å². The summed E-state index contributed by atoms with van der Waals surface area (Å²) in [6, 6.07) is 0. The van der Waals surface area contributed by atoms with Crippen molar-refractivity contribution in [1.29, 1.82) is 0 Å². The van der Waals surface area contributed by atoms with E-state index in [1.165, 1.54) is 0 Å². The molecule has 1 atom stereocenters. The van der Waals surface area contributed by atoms with E-state index in [9.17, 15) is 4.79 Å². The van der Waals surface area contributed by atoms with Gasteiger partial charge in [0.2, 0.25) is 0 Å². The molecule has 1 unspecified atom stereocenters. The van der Waals surface area contributed by atoms with Crippen LogP contribution in [0.4, 0.5) is 0 Å². The summed E-state index contributed by atoms with van der Waals surface area (Å²) in [6.45, 7) is 2.78. The van der Waals surface area contributed by atoms with Gasteiger partial charge in [-0.1, -0.05) is 6.92 Å². The van der Waals surface area contributed by atoms with E-state index in [1.54, 1.807) is 0 Å². The smallest absolute Gasteiger partial charge is 0.305 e. The SMILES string of the molecule is CC1CCOC(=O)CC1. The molecule has 1 fully saturated rings. The van der Waals surface area contributed by atoms with Crippen molar-refractivity contribution < 1.29 is 9.53 Å². The molecule has 2 heteroatoms. The Labute approximate surface area is 55.2 Å². The van der Waals surface area contributed by atoms with Gasteiger partial charge in [-0.25, -0.2) is 0 Å². The van der Waals surface area contributed by atoms with Crippen LogP contribution in [0.5, 0.6) is 0 Å². The number of carbonyl (C=O) groups is 1. The van der Waals surface area contributed by atoms with Crippen molar-refractivity contribution in [2.24, 2.45) is 5.92 Å². The van der Waals surface area contributed by atoms with Crippen molar-refractivity contribution in [3.8, 4) is 0 Å². The summed E-state index contributed by atoms with van der Waals surface area (Å²) in [5.74, 6) is 0.635. The number of ether oxygens (including phenoxy) is 1. The van der Waals surface area contributed by atoms with Gasteiger partial charge in [0.15, 0.2) is 0 Å². The topological polar surface area (TPSA) is 26.3 Å². The maximum atomic E-state index is 10.6. The molecule has 2 nitrogen and oxygen atoms in total. The number of hydrogen-bond donors (Lipinski definition) is 0. The molecular weight excluding hydrogens is 116 g/mol. The second-order valence-corrected chi connectivity index (χ2v) is 2.65. The molecule has 0 saturated carbocycles. The summed E-state index contributed by atoms with van der Waals surface area (Å²) >= 11 is 0. The Balaban J connectivity index is 2.34. The lowest BCUT2D eigenvalue weighted by molar-refractivity contribution is -0.142. The zero-order valence-corrected chi connectivity index (χ0v) is 5.72. The van der Waals surface area contributed by atoms with Gasteiger partial charge in [0, 0.05) is 6.42 Å². The standard InChI is InChI=1S/C7H12O2/c1-6-2-3-7(8)9-5-4-6/h6H,2-5H2,1H3. The minimum Gasteiger partial charge on any atom is -0.466 e. The molecular formula is C7H12O2. The molecule has 0 aliphatic carbocycles. The first-order valence-electron chi connectivity index (χ1n) is 3.44. The Morgan fingerprint density at radius 2 is 2.33 bits per heavy atom. The lowest BCUT2D eigenvalue weighted by Crippen LogP contribution is -2.00. The van der Waals surface area contributed by atoms with E-state index in [4.69, 9.17) is 4.74 Å². The fourth-order valence-corrected chi connectivity index (χ4v) is 0.955. The third-order valence-electron chi connectivity index (χ3n) is 1.71. The van der Waals surface area contributed by atoms with Gasteiger partial charge in [0.25, 0.3) is 0 Å². The van der Waals surface area contributed by atoms with E-state index in [1.807, 2.05) is 0 Å². The average Bonchev–Trinajstić information content (AvgIpc) is 1.97. The van der Waals surface area contributed by atoms with Gasteiger partial charge in [-0.2, -0.15) is 0 Å². The molecule has 0 aromatic heterocycles. The van der Waals surface area contributed by atoms with E-state index in [2.05, 4.69) is 6.92 Å². The van der Waals surface area contributed by atoms with Crippen molar-refractivity contribution in [2.75, 3.05) is 6.61 Å². The molecule has 0 N–H and O–H groups in total. The Bertz CT molecular complexity index is 109. The van der Waals surface area contributed by atoms with Crippen LogP contribution in [0, 0.1) is 5.92 Å². The molecule has 0 bridgehead atoms. The van der Waals surface area contributed by atoms with E-state index < -0.39 is 0 Å². The Morgan fingerprint density at radius 3 is 3.11 bits per heavy atom. The van der Waals surface area contributed by atoms with Crippen LogP contribution in [0.3, 0.4) is 0 Å². The van der Waals surface area contributed by atoms with Crippen LogP contribution in [-0.4, -0.2) is 12.6 Å². The van der Waals surface area contributed by atoms with Crippen LogP contribution in [0.2, 0.25) is 0 Å². The molecule has 1 saturated heterocycles. The number of hydrogen-bond acceptors (Lipinski definition) is 2. The molecule has 0 aromatic rings.